The Morgan fingerprint density at radius 1 is 0.921 bits per heavy atom. The number of carbonyl (C=O) groups excluding carboxylic acids is 1. The standard InChI is InChI=1S/C28H33F4N5O/c29-21-3-1-20(2-4-21)23-12-24(28(30,31)32)37-25(34-23)22(16-33-37)26(38)35-5-7-36(8-6-35)27-13-17-9-18(14-27)11-19(10-17)15-27/h1-4,16-19,23-24,34H,5-15H2/t17?,18?,19?,23-,24-,27?/m1/s1. The van der Waals surface area contributed by atoms with Crippen molar-refractivity contribution in [3.8, 4) is 0 Å². The van der Waals surface area contributed by atoms with Crippen molar-refractivity contribution in [1.29, 1.82) is 0 Å². The number of benzene rings is 1. The van der Waals surface area contributed by atoms with Crippen LogP contribution in [0.4, 0.5) is 23.4 Å². The van der Waals surface area contributed by atoms with Crippen LogP contribution in [0.5, 0.6) is 0 Å². The molecule has 2 aromatic rings. The Morgan fingerprint density at radius 3 is 2.11 bits per heavy atom. The summed E-state index contributed by atoms with van der Waals surface area (Å²) in [5.41, 5.74) is 0.981. The molecule has 5 fully saturated rings. The van der Waals surface area contributed by atoms with Gasteiger partial charge in [0.05, 0.1) is 12.2 Å². The lowest BCUT2D eigenvalue weighted by Gasteiger charge is -2.61. The van der Waals surface area contributed by atoms with Crippen molar-refractivity contribution in [2.24, 2.45) is 17.8 Å². The van der Waals surface area contributed by atoms with Gasteiger partial charge in [-0.1, -0.05) is 12.1 Å². The molecule has 8 rings (SSSR count). The molecule has 0 spiro atoms. The molecule has 3 heterocycles. The number of anilines is 1. The largest absolute Gasteiger partial charge is 0.410 e. The minimum absolute atomic E-state index is 0.0846. The smallest absolute Gasteiger partial charge is 0.363 e. The van der Waals surface area contributed by atoms with Gasteiger partial charge in [0.1, 0.15) is 17.2 Å². The summed E-state index contributed by atoms with van der Waals surface area (Å²) >= 11 is 0. The first kappa shape index (κ1) is 24.4. The Bertz CT molecular complexity index is 1180. The van der Waals surface area contributed by atoms with E-state index in [2.05, 4.69) is 15.3 Å². The number of nitrogens with zero attached hydrogens (tertiary/aromatic N) is 4. The Hall–Kier alpha value is -2.62. The summed E-state index contributed by atoms with van der Waals surface area (Å²) in [7, 11) is 0. The SMILES string of the molecule is O=C(c1cnn2c1N[C@@H](c1ccc(F)cc1)C[C@@H]2C(F)(F)F)N1CCN(C23CC4CC(CC(C4)C2)C3)CC1. The molecule has 2 aliphatic heterocycles. The number of rotatable bonds is 3. The fourth-order valence-corrected chi connectivity index (χ4v) is 8.64. The second-order valence-corrected chi connectivity index (χ2v) is 12.3. The second-order valence-electron chi connectivity index (χ2n) is 12.3. The molecule has 2 atom stereocenters. The fraction of sp³-hybridized carbons (Fsp3) is 0.643. The third kappa shape index (κ3) is 4.01. The summed E-state index contributed by atoms with van der Waals surface area (Å²) < 4.78 is 56.5. The molecule has 1 saturated heterocycles. The van der Waals surface area contributed by atoms with Crippen molar-refractivity contribution in [2.75, 3.05) is 31.5 Å². The van der Waals surface area contributed by atoms with Crippen LogP contribution in [0.15, 0.2) is 30.5 Å². The van der Waals surface area contributed by atoms with Crippen LogP contribution in [-0.2, 0) is 0 Å². The van der Waals surface area contributed by atoms with Crippen LogP contribution in [0.3, 0.4) is 0 Å². The monoisotopic (exact) mass is 531 g/mol. The Balaban J connectivity index is 1.10. The molecule has 1 N–H and O–H groups in total. The van der Waals surface area contributed by atoms with Gasteiger partial charge >= 0.3 is 6.18 Å². The first-order valence-corrected chi connectivity index (χ1v) is 13.9. The topological polar surface area (TPSA) is 53.4 Å². The highest BCUT2D eigenvalue weighted by molar-refractivity contribution is 5.99. The molecule has 38 heavy (non-hydrogen) atoms. The summed E-state index contributed by atoms with van der Waals surface area (Å²) in [5.74, 6) is 1.89. The van der Waals surface area contributed by atoms with E-state index < -0.39 is 24.1 Å². The summed E-state index contributed by atoms with van der Waals surface area (Å²) in [6.45, 7) is 2.74. The number of fused-ring (bicyclic) bond motifs is 1. The molecule has 1 aromatic carbocycles. The molecule has 6 aliphatic rings. The lowest BCUT2D eigenvalue weighted by molar-refractivity contribution is -0.173. The third-order valence-corrected chi connectivity index (χ3v) is 9.98. The van der Waals surface area contributed by atoms with E-state index in [1.165, 1.54) is 69.0 Å². The minimum atomic E-state index is -4.54. The zero-order chi connectivity index (χ0) is 26.2. The molecule has 0 radical (unpaired) electrons. The van der Waals surface area contributed by atoms with E-state index in [4.69, 9.17) is 0 Å². The Kier molecular flexibility index (Phi) is 5.59. The van der Waals surface area contributed by atoms with Gasteiger partial charge in [-0.3, -0.25) is 9.69 Å². The molecule has 4 bridgehead atoms. The van der Waals surface area contributed by atoms with Gasteiger partial charge in [0.2, 0.25) is 0 Å². The Labute approximate surface area is 219 Å². The van der Waals surface area contributed by atoms with Crippen LogP contribution in [0, 0.1) is 23.6 Å². The highest BCUT2D eigenvalue weighted by Crippen LogP contribution is 2.58. The van der Waals surface area contributed by atoms with Gasteiger partial charge in [0, 0.05) is 38.1 Å². The maximum atomic E-state index is 14.0. The average molecular weight is 532 g/mol. The lowest BCUT2D eigenvalue weighted by atomic mass is 9.52. The number of carbonyl (C=O) groups is 1. The number of aromatic nitrogens is 2. The molecule has 0 unspecified atom stereocenters. The molecule has 204 valence electrons. The van der Waals surface area contributed by atoms with E-state index in [0.717, 1.165) is 35.5 Å². The van der Waals surface area contributed by atoms with E-state index in [1.807, 2.05) is 0 Å². The molecule has 4 aliphatic carbocycles. The van der Waals surface area contributed by atoms with Gasteiger partial charge in [-0.05, 0) is 74.0 Å². The maximum Gasteiger partial charge on any atom is 0.410 e. The predicted octanol–water partition coefficient (Wildman–Crippen LogP) is 5.41. The number of nitrogens with one attached hydrogen (secondary N) is 1. The van der Waals surface area contributed by atoms with Crippen molar-refractivity contribution in [2.45, 2.75) is 68.7 Å². The number of alkyl halides is 3. The summed E-state index contributed by atoms with van der Waals surface area (Å²) in [6.07, 6.45) is 4.42. The molecule has 1 amide bonds. The van der Waals surface area contributed by atoms with E-state index in [9.17, 15) is 22.4 Å². The molecular formula is C28H33F4N5O. The van der Waals surface area contributed by atoms with Gasteiger partial charge in [0.25, 0.3) is 5.91 Å². The van der Waals surface area contributed by atoms with Crippen LogP contribution >= 0.6 is 0 Å². The van der Waals surface area contributed by atoms with Crippen LogP contribution in [0.25, 0.3) is 0 Å². The van der Waals surface area contributed by atoms with Crippen molar-refractivity contribution in [1.82, 2.24) is 19.6 Å². The zero-order valence-electron chi connectivity index (χ0n) is 21.3. The van der Waals surface area contributed by atoms with Gasteiger partial charge in [-0.2, -0.15) is 18.3 Å². The highest BCUT2D eigenvalue weighted by atomic mass is 19.4. The summed E-state index contributed by atoms with van der Waals surface area (Å²) in [4.78, 5) is 18.0. The minimum Gasteiger partial charge on any atom is -0.363 e. The first-order chi connectivity index (χ1) is 18.2. The normalized spacial score (nSPS) is 34.7. The van der Waals surface area contributed by atoms with E-state index in [1.54, 1.807) is 4.90 Å². The first-order valence-electron chi connectivity index (χ1n) is 13.9. The molecule has 6 nitrogen and oxygen atoms in total. The lowest BCUT2D eigenvalue weighted by Crippen LogP contribution is -2.64. The number of hydrogen-bond donors (Lipinski definition) is 1. The van der Waals surface area contributed by atoms with E-state index in [0.29, 0.717) is 18.7 Å². The van der Waals surface area contributed by atoms with E-state index in [-0.39, 0.29) is 29.2 Å². The Morgan fingerprint density at radius 2 is 1.53 bits per heavy atom. The van der Waals surface area contributed by atoms with Crippen LogP contribution in [0.1, 0.15) is 73.0 Å². The maximum absolute atomic E-state index is 14.0. The quantitative estimate of drug-likeness (QED) is 0.539. The van der Waals surface area contributed by atoms with Crippen molar-refractivity contribution in [3.05, 3.63) is 47.4 Å². The van der Waals surface area contributed by atoms with Gasteiger partial charge < -0.3 is 10.2 Å². The zero-order valence-corrected chi connectivity index (χ0v) is 21.3. The van der Waals surface area contributed by atoms with Crippen LogP contribution in [0.2, 0.25) is 0 Å². The average Bonchev–Trinajstić information content (AvgIpc) is 3.31. The van der Waals surface area contributed by atoms with Crippen LogP contribution in [-0.4, -0.2) is 63.4 Å². The van der Waals surface area contributed by atoms with Crippen LogP contribution < -0.4 is 5.32 Å². The number of amides is 1. The van der Waals surface area contributed by atoms with Crippen molar-refractivity contribution in [3.63, 3.8) is 0 Å². The molecule has 4 saturated carbocycles. The highest BCUT2D eigenvalue weighted by Gasteiger charge is 2.54. The molecular weight excluding hydrogens is 498 g/mol. The van der Waals surface area contributed by atoms with Crippen molar-refractivity contribution >= 4 is 11.7 Å². The fourth-order valence-electron chi connectivity index (χ4n) is 8.64. The van der Waals surface area contributed by atoms with E-state index >= 15 is 0 Å². The number of halogens is 4. The predicted molar refractivity (Wildman–Crippen MR) is 133 cm³/mol. The number of hydrogen-bond acceptors (Lipinski definition) is 4. The molecule has 10 heteroatoms. The van der Waals surface area contributed by atoms with Gasteiger partial charge in [-0.15, -0.1) is 0 Å². The van der Waals surface area contributed by atoms with Gasteiger partial charge in [0.15, 0.2) is 6.04 Å². The number of piperazine rings is 1. The second kappa shape index (κ2) is 8.69. The third-order valence-electron chi connectivity index (χ3n) is 9.98. The van der Waals surface area contributed by atoms with Crippen molar-refractivity contribution < 1.29 is 22.4 Å². The molecule has 1 aromatic heterocycles. The van der Waals surface area contributed by atoms with Gasteiger partial charge in [-0.25, -0.2) is 9.07 Å². The summed E-state index contributed by atoms with van der Waals surface area (Å²) in [6, 6.07) is 2.85. The summed E-state index contributed by atoms with van der Waals surface area (Å²) in [5, 5.41) is 7.14.